The number of carbonyl (C=O) groups is 1. The molecule has 0 unspecified atom stereocenters. The third-order valence-electron chi connectivity index (χ3n) is 5.00. The number of hydrogen-bond acceptors (Lipinski definition) is 2. The third-order valence-corrected chi connectivity index (χ3v) is 5.00. The fourth-order valence-corrected chi connectivity index (χ4v) is 4.72. The molecule has 4 bridgehead atoms. The van der Waals surface area contributed by atoms with Gasteiger partial charge in [0.1, 0.15) is 6.04 Å². The monoisotopic (exact) mass is 245 g/mol. The van der Waals surface area contributed by atoms with Crippen LogP contribution in [0.3, 0.4) is 0 Å². The highest BCUT2D eigenvalue weighted by molar-refractivity contribution is 5.85. The molecule has 16 heavy (non-hydrogen) atoms. The number of carboxylic acids is 1. The first-order valence-electron chi connectivity index (χ1n) is 6.13. The normalized spacial score (nSPS) is 46.2. The van der Waals surface area contributed by atoms with Crippen molar-refractivity contribution in [2.45, 2.75) is 38.1 Å². The second-order valence-electron chi connectivity index (χ2n) is 5.87. The van der Waals surface area contributed by atoms with Crippen molar-refractivity contribution < 1.29 is 9.90 Å². The molecule has 4 aliphatic rings. The van der Waals surface area contributed by atoms with Gasteiger partial charge in [0.15, 0.2) is 0 Å². The van der Waals surface area contributed by atoms with E-state index < -0.39 is 12.0 Å². The van der Waals surface area contributed by atoms with Crippen LogP contribution < -0.4 is 5.73 Å². The quantitative estimate of drug-likeness (QED) is 0.781. The van der Waals surface area contributed by atoms with E-state index in [0.717, 1.165) is 11.8 Å². The lowest BCUT2D eigenvalue weighted by Gasteiger charge is -2.55. The van der Waals surface area contributed by atoms with E-state index >= 15 is 0 Å². The van der Waals surface area contributed by atoms with Crippen LogP contribution in [-0.4, -0.2) is 17.1 Å². The Morgan fingerprint density at radius 2 is 1.50 bits per heavy atom. The zero-order chi connectivity index (χ0) is 10.6. The minimum atomic E-state index is -0.799. The summed E-state index contributed by atoms with van der Waals surface area (Å²) in [5.74, 6) is 2.50. The summed E-state index contributed by atoms with van der Waals surface area (Å²) in [7, 11) is 0. The predicted octanol–water partition coefficient (Wildman–Crippen LogP) is 1.89. The van der Waals surface area contributed by atoms with E-state index in [2.05, 4.69) is 0 Å². The Morgan fingerprint density at radius 3 is 1.88 bits per heavy atom. The van der Waals surface area contributed by atoms with Crippen LogP contribution >= 0.6 is 12.4 Å². The molecule has 4 heteroatoms. The summed E-state index contributed by atoms with van der Waals surface area (Å²) in [6.45, 7) is 0. The zero-order valence-electron chi connectivity index (χ0n) is 9.34. The van der Waals surface area contributed by atoms with Gasteiger partial charge in [0.25, 0.3) is 0 Å². The zero-order valence-corrected chi connectivity index (χ0v) is 10.2. The molecule has 0 aliphatic heterocycles. The van der Waals surface area contributed by atoms with E-state index in [9.17, 15) is 4.79 Å². The molecule has 0 radical (unpaired) electrons. The Balaban J connectivity index is 0.000000963. The molecule has 0 aromatic rings. The van der Waals surface area contributed by atoms with Gasteiger partial charge in [0.2, 0.25) is 0 Å². The molecular formula is C12H20ClNO2. The molecule has 1 atom stereocenters. The van der Waals surface area contributed by atoms with Gasteiger partial charge in [0.05, 0.1) is 0 Å². The van der Waals surface area contributed by atoms with Crippen LogP contribution in [0, 0.1) is 29.6 Å². The average Bonchev–Trinajstić information content (AvgIpc) is 2.15. The molecule has 0 spiro atoms. The van der Waals surface area contributed by atoms with Crippen LogP contribution in [-0.2, 0) is 4.79 Å². The van der Waals surface area contributed by atoms with Crippen molar-refractivity contribution in [3.05, 3.63) is 0 Å². The van der Waals surface area contributed by atoms with Gasteiger partial charge in [-0.15, -0.1) is 12.4 Å². The number of rotatable bonds is 2. The molecular weight excluding hydrogens is 226 g/mol. The molecule has 4 aliphatic carbocycles. The standard InChI is InChI=1S/C12H19NO2.ClH/c13-11(12(14)15)10-8-2-6-1-7(4-8)5-9(10)3-6;/h6-11H,1-5,13H2,(H,14,15);1H/t6?,7?,8?,9?,10?,11-;/m1./s1. The summed E-state index contributed by atoms with van der Waals surface area (Å²) in [6.07, 6.45) is 6.40. The number of nitrogens with two attached hydrogens (primary N) is 1. The van der Waals surface area contributed by atoms with Crippen molar-refractivity contribution in [1.82, 2.24) is 0 Å². The van der Waals surface area contributed by atoms with E-state index in [-0.39, 0.29) is 18.3 Å². The predicted molar refractivity (Wildman–Crippen MR) is 63.4 cm³/mol. The van der Waals surface area contributed by atoms with E-state index in [1.165, 1.54) is 32.1 Å². The lowest BCUT2D eigenvalue weighted by molar-refractivity contribution is -0.145. The summed E-state index contributed by atoms with van der Waals surface area (Å²) in [5, 5.41) is 9.04. The van der Waals surface area contributed by atoms with Crippen LogP contribution in [0.1, 0.15) is 32.1 Å². The maximum Gasteiger partial charge on any atom is 0.320 e. The fourth-order valence-electron chi connectivity index (χ4n) is 4.72. The summed E-state index contributed by atoms with van der Waals surface area (Å²) in [6, 6.07) is -0.611. The third kappa shape index (κ3) is 1.74. The van der Waals surface area contributed by atoms with Gasteiger partial charge in [-0.2, -0.15) is 0 Å². The molecule has 4 fully saturated rings. The van der Waals surface area contributed by atoms with Gasteiger partial charge in [-0.05, 0) is 61.7 Å². The van der Waals surface area contributed by atoms with Crippen LogP contribution in [0.15, 0.2) is 0 Å². The molecule has 3 N–H and O–H groups in total. The Labute approximate surface area is 102 Å². The number of carboxylic acid groups (broad SMARTS) is 1. The minimum absolute atomic E-state index is 0. The van der Waals surface area contributed by atoms with E-state index in [1.54, 1.807) is 0 Å². The summed E-state index contributed by atoms with van der Waals surface area (Å²) in [4.78, 5) is 11.0. The topological polar surface area (TPSA) is 63.3 Å². The van der Waals surface area contributed by atoms with Gasteiger partial charge in [-0.1, -0.05) is 0 Å². The Kier molecular flexibility index (Phi) is 3.19. The van der Waals surface area contributed by atoms with Gasteiger partial charge < -0.3 is 10.8 Å². The van der Waals surface area contributed by atoms with Gasteiger partial charge in [0, 0.05) is 0 Å². The van der Waals surface area contributed by atoms with Gasteiger partial charge in [-0.25, -0.2) is 0 Å². The lowest BCUT2D eigenvalue weighted by Crippen LogP contribution is -2.54. The second kappa shape index (κ2) is 4.19. The summed E-state index contributed by atoms with van der Waals surface area (Å²) >= 11 is 0. The van der Waals surface area contributed by atoms with Crippen molar-refractivity contribution >= 4 is 18.4 Å². The molecule has 0 aromatic carbocycles. The van der Waals surface area contributed by atoms with Crippen LogP contribution in [0.5, 0.6) is 0 Å². The number of halogens is 1. The smallest absolute Gasteiger partial charge is 0.320 e. The summed E-state index contributed by atoms with van der Waals surface area (Å²) in [5.41, 5.74) is 5.84. The van der Waals surface area contributed by atoms with Crippen LogP contribution in [0.2, 0.25) is 0 Å². The van der Waals surface area contributed by atoms with Crippen molar-refractivity contribution in [3.63, 3.8) is 0 Å². The molecule has 0 heterocycles. The largest absolute Gasteiger partial charge is 0.480 e. The van der Waals surface area contributed by atoms with Crippen molar-refractivity contribution in [2.24, 2.45) is 35.3 Å². The highest BCUT2D eigenvalue weighted by Gasteiger charge is 2.51. The maximum absolute atomic E-state index is 11.0. The fraction of sp³-hybridized carbons (Fsp3) is 0.917. The number of hydrogen-bond donors (Lipinski definition) is 2. The SMILES string of the molecule is Cl.N[C@@H](C(=O)O)C1C2CC3CC(C2)CC1C3. The van der Waals surface area contributed by atoms with Crippen molar-refractivity contribution in [1.29, 1.82) is 0 Å². The van der Waals surface area contributed by atoms with Crippen LogP contribution in [0.4, 0.5) is 0 Å². The first kappa shape index (κ1) is 12.2. The highest BCUT2D eigenvalue weighted by Crippen LogP contribution is 2.57. The Hall–Kier alpha value is -0.280. The molecule has 3 nitrogen and oxygen atoms in total. The number of aliphatic carboxylic acids is 1. The highest BCUT2D eigenvalue weighted by atomic mass is 35.5. The maximum atomic E-state index is 11.0. The molecule has 0 saturated heterocycles. The van der Waals surface area contributed by atoms with Crippen molar-refractivity contribution in [3.8, 4) is 0 Å². The Morgan fingerprint density at radius 1 is 1.06 bits per heavy atom. The van der Waals surface area contributed by atoms with Gasteiger partial charge >= 0.3 is 5.97 Å². The molecule has 4 rings (SSSR count). The van der Waals surface area contributed by atoms with E-state index in [0.29, 0.717) is 11.8 Å². The van der Waals surface area contributed by atoms with Gasteiger partial charge in [-0.3, -0.25) is 4.79 Å². The average molecular weight is 246 g/mol. The first-order valence-corrected chi connectivity index (χ1v) is 6.13. The second-order valence-corrected chi connectivity index (χ2v) is 5.87. The summed E-state index contributed by atoms with van der Waals surface area (Å²) < 4.78 is 0. The lowest BCUT2D eigenvalue weighted by atomic mass is 9.50. The minimum Gasteiger partial charge on any atom is -0.480 e. The van der Waals surface area contributed by atoms with Crippen LogP contribution in [0.25, 0.3) is 0 Å². The molecule has 0 amide bonds. The molecule has 92 valence electrons. The van der Waals surface area contributed by atoms with E-state index in [4.69, 9.17) is 10.8 Å². The molecule has 0 aromatic heterocycles. The Bertz CT molecular complexity index is 267. The molecule has 4 saturated carbocycles. The van der Waals surface area contributed by atoms with Crippen molar-refractivity contribution in [2.75, 3.05) is 0 Å². The first-order chi connectivity index (χ1) is 7.15. The van der Waals surface area contributed by atoms with E-state index in [1.807, 2.05) is 0 Å².